The molecule has 2 unspecified atom stereocenters. The molecule has 39 heavy (non-hydrogen) atoms. The summed E-state index contributed by atoms with van der Waals surface area (Å²) >= 11 is 11.6. The van der Waals surface area contributed by atoms with Crippen LogP contribution in [0.2, 0.25) is 10.0 Å². The summed E-state index contributed by atoms with van der Waals surface area (Å²) < 4.78 is 10.2. The van der Waals surface area contributed by atoms with E-state index in [-0.39, 0.29) is 19.1 Å². The van der Waals surface area contributed by atoms with Gasteiger partial charge in [0.25, 0.3) is 0 Å². The second-order valence-electron chi connectivity index (χ2n) is 10.7. The maximum absolute atomic E-state index is 11.6. The van der Waals surface area contributed by atoms with Gasteiger partial charge in [-0.1, -0.05) is 47.5 Å². The smallest absolute Gasteiger partial charge is 0.408 e. The van der Waals surface area contributed by atoms with E-state index in [1.807, 2.05) is 12.1 Å². The molecule has 2 aromatic carbocycles. The molecule has 0 saturated heterocycles. The number of hydrogen-bond acceptors (Lipinski definition) is 6. The number of benzene rings is 2. The lowest BCUT2D eigenvalue weighted by molar-refractivity contribution is -0.139. The number of aliphatic hydroxyl groups excluding tert-OH is 1. The van der Waals surface area contributed by atoms with E-state index in [0.717, 1.165) is 11.1 Å². The molecule has 11 heteroatoms. The Balaban J connectivity index is 0.000000391. The normalized spacial score (nSPS) is 12.7. The first kappa shape index (κ1) is 34.0. The number of rotatable bonds is 8. The van der Waals surface area contributed by atoms with E-state index in [1.165, 1.54) is 0 Å². The molecule has 2 rings (SSSR count). The van der Waals surface area contributed by atoms with E-state index in [1.54, 1.807) is 77.9 Å². The molecule has 2 aromatic rings. The van der Waals surface area contributed by atoms with Gasteiger partial charge in [0, 0.05) is 16.5 Å². The van der Waals surface area contributed by atoms with Crippen LogP contribution in [0, 0.1) is 0 Å². The van der Waals surface area contributed by atoms with Crippen molar-refractivity contribution in [3.8, 4) is 0 Å². The number of carbonyl (C=O) groups is 3. The van der Waals surface area contributed by atoms with Gasteiger partial charge in [0.05, 0.1) is 12.6 Å². The summed E-state index contributed by atoms with van der Waals surface area (Å²) in [6.07, 6.45) is -0.599. The third kappa shape index (κ3) is 15.9. The third-order valence-corrected chi connectivity index (χ3v) is 5.18. The standard InChI is InChI=1S/C14H18ClNO4.C14H20ClNO3/c1-14(2,3)20-13(19)16-11(12(17)18)8-9-4-6-10(15)7-5-9;1-14(2,3)19-13(18)16-12(9-17)8-10-4-6-11(15)7-5-10/h4-7,11H,8H2,1-3H3,(H,16,19)(H,17,18);4-7,12,17H,8-9H2,1-3H3,(H,16,18). The zero-order chi connectivity index (χ0) is 29.8. The summed E-state index contributed by atoms with van der Waals surface area (Å²) in [5, 5.41) is 24.6. The number of alkyl carbamates (subject to hydrolysis) is 2. The summed E-state index contributed by atoms with van der Waals surface area (Å²) in [4.78, 5) is 34.4. The average Bonchev–Trinajstić information content (AvgIpc) is 2.79. The van der Waals surface area contributed by atoms with Crippen LogP contribution < -0.4 is 10.6 Å². The van der Waals surface area contributed by atoms with Crippen LogP contribution in [0.3, 0.4) is 0 Å². The molecule has 2 atom stereocenters. The van der Waals surface area contributed by atoms with E-state index >= 15 is 0 Å². The van der Waals surface area contributed by atoms with E-state index in [4.69, 9.17) is 37.8 Å². The van der Waals surface area contributed by atoms with Crippen LogP contribution in [-0.2, 0) is 27.1 Å². The molecule has 216 valence electrons. The maximum Gasteiger partial charge on any atom is 0.408 e. The van der Waals surface area contributed by atoms with E-state index in [2.05, 4.69) is 10.6 Å². The number of amides is 2. The average molecular weight is 586 g/mol. The first-order valence-corrected chi connectivity index (χ1v) is 13.0. The van der Waals surface area contributed by atoms with Crippen LogP contribution in [0.1, 0.15) is 52.7 Å². The maximum atomic E-state index is 11.6. The molecule has 0 bridgehead atoms. The van der Waals surface area contributed by atoms with Crippen LogP contribution in [0.4, 0.5) is 9.59 Å². The fraction of sp³-hybridized carbons (Fsp3) is 0.464. The molecule has 0 heterocycles. The van der Waals surface area contributed by atoms with Gasteiger partial charge >= 0.3 is 18.2 Å². The Hall–Kier alpha value is -3.01. The van der Waals surface area contributed by atoms with Gasteiger partial charge in [-0.2, -0.15) is 0 Å². The number of ether oxygens (including phenoxy) is 2. The van der Waals surface area contributed by atoms with Crippen molar-refractivity contribution in [2.75, 3.05) is 6.61 Å². The lowest BCUT2D eigenvalue weighted by Gasteiger charge is -2.22. The SMILES string of the molecule is CC(C)(C)OC(=O)NC(CO)Cc1ccc(Cl)cc1.CC(C)(C)OC(=O)NC(Cc1ccc(Cl)cc1)C(=O)O. The van der Waals surface area contributed by atoms with Crippen LogP contribution in [-0.4, -0.2) is 58.3 Å². The molecule has 4 N–H and O–H groups in total. The highest BCUT2D eigenvalue weighted by molar-refractivity contribution is 6.30. The Morgan fingerprint density at radius 2 is 1.13 bits per heavy atom. The molecule has 0 spiro atoms. The van der Waals surface area contributed by atoms with E-state index < -0.39 is 35.4 Å². The number of carboxylic acids is 1. The highest BCUT2D eigenvalue weighted by Crippen LogP contribution is 2.13. The minimum Gasteiger partial charge on any atom is -0.480 e. The van der Waals surface area contributed by atoms with Gasteiger partial charge in [0.2, 0.25) is 0 Å². The van der Waals surface area contributed by atoms with Crippen molar-refractivity contribution in [3.63, 3.8) is 0 Å². The Morgan fingerprint density at radius 1 is 0.744 bits per heavy atom. The van der Waals surface area contributed by atoms with Crippen molar-refractivity contribution in [1.29, 1.82) is 0 Å². The monoisotopic (exact) mass is 584 g/mol. The zero-order valence-corrected chi connectivity index (χ0v) is 24.6. The summed E-state index contributed by atoms with van der Waals surface area (Å²) in [7, 11) is 0. The number of aliphatic carboxylic acids is 1. The molecule has 9 nitrogen and oxygen atoms in total. The Morgan fingerprint density at radius 3 is 1.49 bits per heavy atom. The minimum absolute atomic E-state index is 0.151. The number of aliphatic hydroxyl groups is 1. The fourth-order valence-corrected chi connectivity index (χ4v) is 3.30. The molecule has 0 aliphatic carbocycles. The molecule has 2 amide bonds. The lowest BCUT2D eigenvalue weighted by Crippen LogP contribution is -2.44. The highest BCUT2D eigenvalue weighted by atomic mass is 35.5. The highest BCUT2D eigenvalue weighted by Gasteiger charge is 2.24. The fourth-order valence-electron chi connectivity index (χ4n) is 3.05. The number of carbonyl (C=O) groups excluding carboxylic acids is 2. The molecule has 0 fully saturated rings. The van der Waals surface area contributed by atoms with Crippen molar-refractivity contribution in [2.45, 2.75) is 77.7 Å². The van der Waals surface area contributed by atoms with Gasteiger partial charge < -0.3 is 30.3 Å². The van der Waals surface area contributed by atoms with Crippen molar-refractivity contribution < 1.29 is 34.1 Å². The molecular formula is C28H38Cl2N2O7. The summed E-state index contributed by atoms with van der Waals surface area (Å²) in [5.41, 5.74) is 0.523. The third-order valence-electron chi connectivity index (χ3n) is 4.68. The second kappa shape index (κ2) is 15.5. The summed E-state index contributed by atoms with van der Waals surface area (Å²) in [6.45, 7) is 10.4. The second-order valence-corrected chi connectivity index (χ2v) is 11.6. The largest absolute Gasteiger partial charge is 0.480 e. The Labute approximate surface area is 239 Å². The van der Waals surface area contributed by atoms with Crippen LogP contribution >= 0.6 is 23.2 Å². The lowest BCUT2D eigenvalue weighted by atomic mass is 10.1. The first-order valence-electron chi connectivity index (χ1n) is 12.3. The predicted octanol–water partition coefficient (Wildman–Crippen LogP) is 5.63. The molecule has 0 aliphatic rings. The van der Waals surface area contributed by atoms with Gasteiger partial charge in [0.15, 0.2) is 0 Å². The van der Waals surface area contributed by atoms with Crippen LogP contribution in [0.15, 0.2) is 48.5 Å². The molecule has 0 saturated carbocycles. The summed E-state index contributed by atoms with van der Waals surface area (Å²) in [5.74, 6) is -1.12. The van der Waals surface area contributed by atoms with Crippen molar-refractivity contribution in [1.82, 2.24) is 10.6 Å². The zero-order valence-electron chi connectivity index (χ0n) is 23.1. The Kier molecular flexibility index (Phi) is 13.6. The van der Waals surface area contributed by atoms with Gasteiger partial charge in [0.1, 0.15) is 17.2 Å². The number of halogens is 2. The van der Waals surface area contributed by atoms with Crippen molar-refractivity contribution >= 4 is 41.4 Å². The number of carboxylic acid groups (broad SMARTS) is 1. The van der Waals surface area contributed by atoms with Gasteiger partial charge in [-0.25, -0.2) is 14.4 Å². The van der Waals surface area contributed by atoms with Gasteiger partial charge in [-0.05, 0) is 83.4 Å². The van der Waals surface area contributed by atoms with Gasteiger partial charge in [-0.15, -0.1) is 0 Å². The topological polar surface area (TPSA) is 134 Å². The quantitative estimate of drug-likeness (QED) is 0.316. The van der Waals surface area contributed by atoms with Crippen molar-refractivity contribution in [2.24, 2.45) is 0 Å². The van der Waals surface area contributed by atoms with Crippen LogP contribution in [0.25, 0.3) is 0 Å². The number of nitrogens with one attached hydrogen (secondary N) is 2. The van der Waals surface area contributed by atoms with Crippen molar-refractivity contribution in [3.05, 3.63) is 69.7 Å². The first-order chi connectivity index (χ1) is 18.0. The van der Waals surface area contributed by atoms with Gasteiger partial charge in [-0.3, -0.25) is 0 Å². The summed E-state index contributed by atoms with van der Waals surface area (Å²) in [6, 6.07) is 12.6. The molecule has 0 aromatic heterocycles. The molecule has 0 aliphatic heterocycles. The Bertz CT molecular complexity index is 1060. The number of hydrogen-bond donors (Lipinski definition) is 4. The molecular weight excluding hydrogens is 547 g/mol. The van der Waals surface area contributed by atoms with E-state index in [0.29, 0.717) is 16.5 Å². The predicted molar refractivity (Wildman–Crippen MR) is 151 cm³/mol. The minimum atomic E-state index is -1.12. The molecule has 0 radical (unpaired) electrons. The van der Waals surface area contributed by atoms with E-state index in [9.17, 15) is 19.5 Å². The van der Waals surface area contributed by atoms with Crippen LogP contribution in [0.5, 0.6) is 0 Å².